The Balaban J connectivity index is 2.44. The molecule has 0 aliphatic rings. The topological polar surface area (TPSA) is 17.1 Å². The number of carbonyl (C=O) groups is 1. The number of hydrogen-bond donors (Lipinski definition) is 0. The van der Waals surface area contributed by atoms with Crippen LogP contribution in [0.1, 0.15) is 10.4 Å². The van der Waals surface area contributed by atoms with Crippen LogP contribution in [0, 0.1) is 0 Å². The molecule has 1 nitrogen and oxygen atoms in total. The average molecular weight is 296 g/mol. The van der Waals surface area contributed by atoms with Crippen molar-refractivity contribution in [1.82, 2.24) is 0 Å². The Labute approximate surface area is 107 Å². The van der Waals surface area contributed by atoms with Gasteiger partial charge in [0.1, 0.15) is 0 Å². The van der Waals surface area contributed by atoms with Crippen LogP contribution in [0.3, 0.4) is 0 Å². The molecule has 0 fully saturated rings. The van der Waals surface area contributed by atoms with Gasteiger partial charge in [-0.15, -0.1) is 0 Å². The number of benzene rings is 2. The molecule has 0 heterocycles. The molecular formula is C13H8BrClO. The highest BCUT2D eigenvalue weighted by Crippen LogP contribution is 2.23. The van der Waals surface area contributed by atoms with Gasteiger partial charge in [0.2, 0.25) is 0 Å². The lowest BCUT2D eigenvalue weighted by Crippen LogP contribution is -1.88. The number of rotatable bonds is 2. The van der Waals surface area contributed by atoms with Crippen LogP contribution in [-0.2, 0) is 0 Å². The van der Waals surface area contributed by atoms with E-state index >= 15 is 0 Å². The number of halogens is 2. The highest BCUT2D eigenvalue weighted by molar-refractivity contribution is 9.10. The van der Waals surface area contributed by atoms with Crippen LogP contribution >= 0.6 is 27.5 Å². The van der Waals surface area contributed by atoms with Crippen molar-refractivity contribution in [2.45, 2.75) is 0 Å². The maximum atomic E-state index is 11.0. The molecule has 2 aromatic carbocycles. The summed E-state index contributed by atoms with van der Waals surface area (Å²) in [5.74, 6) is 0. The third-order valence-electron chi connectivity index (χ3n) is 2.27. The van der Waals surface area contributed by atoms with Crippen LogP contribution in [0.2, 0.25) is 0 Å². The molecule has 16 heavy (non-hydrogen) atoms. The first-order chi connectivity index (χ1) is 7.66. The third kappa shape index (κ3) is 2.52. The molecule has 0 aliphatic heterocycles. The van der Waals surface area contributed by atoms with Gasteiger partial charge in [-0.2, -0.15) is 0 Å². The van der Waals surface area contributed by atoms with Crippen LogP contribution in [-0.4, -0.2) is 5.24 Å². The van der Waals surface area contributed by atoms with Crippen LogP contribution in [0.5, 0.6) is 0 Å². The summed E-state index contributed by atoms with van der Waals surface area (Å²) in [7, 11) is 0. The van der Waals surface area contributed by atoms with Crippen molar-refractivity contribution in [3.63, 3.8) is 0 Å². The maximum absolute atomic E-state index is 11.0. The molecule has 0 atom stereocenters. The van der Waals surface area contributed by atoms with Gasteiger partial charge in [-0.25, -0.2) is 0 Å². The fourth-order valence-electron chi connectivity index (χ4n) is 1.46. The van der Waals surface area contributed by atoms with Gasteiger partial charge in [0.05, 0.1) is 0 Å². The number of hydrogen-bond acceptors (Lipinski definition) is 1. The summed E-state index contributed by atoms with van der Waals surface area (Å²) in [5.41, 5.74) is 2.56. The van der Waals surface area contributed by atoms with Gasteiger partial charge in [-0.1, -0.05) is 46.3 Å². The van der Waals surface area contributed by atoms with Gasteiger partial charge in [0.15, 0.2) is 0 Å². The quantitative estimate of drug-likeness (QED) is 0.746. The van der Waals surface area contributed by atoms with Gasteiger partial charge in [0.25, 0.3) is 5.24 Å². The van der Waals surface area contributed by atoms with Gasteiger partial charge in [0, 0.05) is 10.0 Å². The summed E-state index contributed by atoms with van der Waals surface area (Å²) >= 11 is 8.82. The molecule has 0 saturated carbocycles. The standard InChI is InChI=1S/C13H8BrClO/c14-12-6-4-9(5-7-12)10-2-1-3-11(8-10)13(15)16/h1-8H. The van der Waals surface area contributed by atoms with E-state index in [1.165, 1.54) is 0 Å². The van der Waals surface area contributed by atoms with E-state index in [4.69, 9.17) is 11.6 Å². The first-order valence-corrected chi connectivity index (χ1v) is 5.90. The van der Waals surface area contributed by atoms with E-state index in [1.54, 1.807) is 12.1 Å². The predicted octanol–water partition coefficient (Wildman–Crippen LogP) is 4.50. The summed E-state index contributed by atoms with van der Waals surface area (Å²) in [4.78, 5) is 11.0. The summed E-state index contributed by atoms with van der Waals surface area (Å²) in [6, 6.07) is 15.2. The molecule has 0 amide bonds. The van der Waals surface area contributed by atoms with Crippen molar-refractivity contribution in [3.05, 3.63) is 58.6 Å². The second-order valence-corrected chi connectivity index (χ2v) is 4.62. The minimum atomic E-state index is -0.432. The first kappa shape index (κ1) is 11.4. The molecule has 0 aliphatic carbocycles. The Bertz CT molecular complexity index is 520. The summed E-state index contributed by atoms with van der Waals surface area (Å²) in [5, 5.41) is -0.432. The van der Waals surface area contributed by atoms with Crippen molar-refractivity contribution in [3.8, 4) is 11.1 Å². The van der Waals surface area contributed by atoms with E-state index in [0.717, 1.165) is 15.6 Å². The minimum Gasteiger partial charge on any atom is -0.276 e. The maximum Gasteiger partial charge on any atom is 0.252 e. The Morgan fingerprint density at radius 3 is 2.31 bits per heavy atom. The lowest BCUT2D eigenvalue weighted by molar-refractivity contribution is 0.108. The van der Waals surface area contributed by atoms with Crippen molar-refractivity contribution >= 4 is 32.8 Å². The lowest BCUT2D eigenvalue weighted by atomic mass is 10.0. The van der Waals surface area contributed by atoms with Crippen molar-refractivity contribution in [2.24, 2.45) is 0 Å². The number of carbonyl (C=O) groups excluding carboxylic acids is 1. The molecule has 0 aromatic heterocycles. The lowest BCUT2D eigenvalue weighted by Gasteiger charge is -2.03. The summed E-state index contributed by atoms with van der Waals surface area (Å²) in [6.45, 7) is 0. The zero-order valence-electron chi connectivity index (χ0n) is 8.28. The first-order valence-electron chi connectivity index (χ1n) is 4.72. The SMILES string of the molecule is O=C(Cl)c1cccc(-c2ccc(Br)cc2)c1. The van der Waals surface area contributed by atoms with Crippen molar-refractivity contribution in [2.75, 3.05) is 0 Å². The second kappa shape index (κ2) is 4.81. The predicted molar refractivity (Wildman–Crippen MR) is 69.8 cm³/mol. The third-order valence-corrected chi connectivity index (χ3v) is 3.01. The molecule has 0 bridgehead atoms. The van der Waals surface area contributed by atoms with Crippen molar-refractivity contribution < 1.29 is 4.79 Å². The van der Waals surface area contributed by atoms with E-state index in [-0.39, 0.29) is 0 Å². The van der Waals surface area contributed by atoms with Gasteiger partial charge in [-0.05, 0) is 40.9 Å². The Hall–Kier alpha value is -1.12. The average Bonchev–Trinajstić information content (AvgIpc) is 2.30. The molecule has 0 N–H and O–H groups in total. The Kier molecular flexibility index (Phi) is 3.42. The van der Waals surface area contributed by atoms with Crippen molar-refractivity contribution in [1.29, 1.82) is 0 Å². The zero-order chi connectivity index (χ0) is 11.5. The van der Waals surface area contributed by atoms with E-state index in [1.807, 2.05) is 36.4 Å². The molecule has 80 valence electrons. The van der Waals surface area contributed by atoms with E-state index in [2.05, 4.69) is 15.9 Å². The highest BCUT2D eigenvalue weighted by atomic mass is 79.9. The molecule has 2 aromatic rings. The second-order valence-electron chi connectivity index (χ2n) is 3.36. The van der Waals surface area contributed by atoms with Crippen LogP contribution in [0.25, 0.3) is 11.1 Å². The molecule has 2 rings (SSSR count). The molecule has 0 unspecified atom stereocenters. The van der Waals surface area contributed by atoms with Gasteiger partial charge in [-0.3, -0.25) is 4.79 Å². The van der Waals surface area contributed by atoms with Crippen LogP contribution in [0.15, 0.2) is 53.0 Å². The van der Waals surface area contributed by atoms with Gasteiger partial charge >= 0.3 is 0 Å². The van der Waals surface area contributed by atoms with Gasteiger partial charge < -0.3 is 0 Å². The van der Waals surface area contributed by atoms with Crippen LogP contribution in [0.4, 0.5) is 0 Å². The smallest absolute Gasteiger partial charge is 0.252 e. The fraction of sp³-hybridized carbons (Fsp3) is 0. The van der Waals surface area contributed by atoms with E-state index in [9.17, 15) is 4.79 Å². The molecule has 0 saturated heterocycles. The molecule has 0 spiro atoms. The van der Waals surface area contributed by atoms with E-state index < -0.39 is 5.24 Å². The Morgan fingerprint density at radius 1 is 1.00 bits per heavy atom. The van der Waals surface area contributed by atoms with E-state index in [0.29, 0.717) is 5.56 Å². The molecular weight excluding hydrogens is 287 g/mol. The zero-order valence-corrected chi connectivity index (χ0v) is 10.6. The van der Waals surface area contributed by atoms with Crippen LogP contribution < -0.4 is 0 Å². The largest absolute Gasteiger partial charge is 0.276 e. The Morgan fingerprint density at radius 2 is 1.69 bits per heavy atom. The molecule has 3 heteroatoms. The molecule has 0 radical (unpaired) electrons. The highest BCUT2D eigenvalue weighted by Gasteiger charge is 2.03. The normalized spacial score (nSPS) is 10.1. The summed E-state index contributed by atoms with van der Waals surface area (Å²) in [6.07, 6.45) is 0. The monoisotopic (exact) mass is 294 g/mol. The minimum absolute atomic E-state index is 0.432. The summed E-state index contributed by atoms with van der Waals surface area (Å²) < 4.78 is 1.03. The fourth-order valence-corrected chi connectivity index (χ4v) is 1.85.